The minimum absolute atomic E-state index is 1.28. The van der Waals surface area contributed by atoms with Crippen LogP contribution in [0.5, 0.6) is 0 Å². The van der Waals surface area contributed by atoms with Gasteiger partial charge in [-0.15, -0.1) is 0 Å². The van der Waals surface area contributed by atoms with Gasteiger partial charge in [0, 0.05) is 9.52 Å². The lowest BCUT2D eigenvalue weighted by Crippen LogP contribution is -1.92. The van der Waals surface area contributed by atoms with Gasteiger partial charge in [0.25, 0.3) is 0 Å². The summed E-state index contributed by atoms with van der Waals surface area (Å²) >= 11 is 0. The molecular formula is C9H18Si. The SMILES string of the molecule is C1CCCC[Si]CCCC1. The molecule has 2 radical (unpaired) electrons. The van der Waals surface area contributed by atoms with Gasteiger partial charge < -0.3 is 0 Å². The van der Waals surface area contributed by atoms with Crippen molar-refractivity contribution in [2.75, 3.05) is 0 Å². The second kappa shape index (κ2) is 5.96. The molecule has 1 heteroatoms. The normalized spacial score (nSPS) is 24.0. The molecule has 0 unspecified atom stereocenters. The topological polar surface area (TPSA) is 0 Å². The molecule has 58 valence electrons. The van der Waals surface area contributed by atoms with E-state index in [9.17, 15) is 0 Å². The molecule has 10 heavy (non-hydrogen) atoms. The molecule has 1 saturated heterocycles. The van der Waals surface area contributed by atoms with Crippen LogP contribution in [0.25, 0.3) is 0 Å². The molecule has 0 saturated carbocycles. The van der Waals surface area contributed by atoms with Crippen LogP contribution >= 0.6 is 0 Å². The third-order valence-corrected chi connectivity index (χ3v) is 3.62. The Bertz CT molecular complexity index is 37.9. The van der Waals surface area contributed by atoms with Crippen molar-refractivity contribution in [1.29, 1.82) is 0 Å². The molecule has 0 aromatic carbocycles. The van der Waals surface area contributed by atoms with Crippen LogP contribution in [-0.2, 0) is 0 Å². The van der Waals surface area contributed by atoms with Crippen molar-refractivity contribution in [2.45, 2.75) is 57.0 Å². The van der Waals surface area contributed by atoms with Crippen LogP contribution in [0.1, 0.15) is 44.9 Å². The van der Waals surface area contributed by atoms with E-state index >= 15 is 0 Å². The molecule has 0 atom stereocenters. The van der Waals surface area contributed by atoms with Gasteiger partial charge in [-0.1, -0.05) is 57.0 Å². The molecule has 0 amide bonds. The Balaban J connectivity index is 2.00. The van der Waals surface area contributed by atoms with E-state index < -0.39 is 0 Å². The summed E-state index contributed by atoms with van der Waals surface area (Å²) in [5.41, 5.74) is 0. The lowest BCUT2D eigenvalue weighted by molar-refractivity contribution is 0.593. The Morgan fingerprint density at radius 2 is 0.900 bits per heavy atom. The maximum atomic E-state index is 1.53. The Morgan fingerprint density at radius 3 is 1.40 bits per heavy atom. The molecule has 0 N–H and O–H groups in total. The van der Waals surface area contributed by atoms with Gasteiger partial charge in [0.05, 0.1) is 0 Å². The molecule has 0 nitrogen and oxygen atoms in total. The molecular weight excluding hydrogens is 136 g/mol. The third kappa shape index (κ3) is 4.10. The van der Waals surface area contributed by atoms with Crippen molar-refractivity contribution < 1.29 is 0 Å². The summed E-state index contributed by atoms with van der Waals surface area (Å²) < 4.78 is 0. The van der Waals surface area contributed by atoms with Crippen LogP contribution in [0, 0.1) is 0 Å². The summed E-state index contributed by atoms with van der Waals surface area (Å²) in [4.78, 5) is 0. The zero-order valence-electron chi connectivity index (χ0n) is 6.86. The van der Waals surface area contributed by atoms with E-state index in [4.69, 9.17) is 0 Å². The van der Waals surface area contributed by atoms with Crippen molar-refractivity contribution in [3.63, 3.8) is 0 Å². The van der Waals surface area contributed by atoms with Crippen LogP contribution in [-0.4, -0.2) is 9.52 Å². The molecule has 1 rings (SSSR count). The van der Waals surface area contributed by atoms with Gasteiger partial charge in [-0.05, 0) is 0 Å². The maximum Gasteiger partial charge on any atom is 0.0378 e. The zero-order valence-corrected chi connectivity index (χ0v) is 7.86. The van der Waals surface area contributed by atoms with E-state index in [2.05, 4.69) is 0 Å². The minimum atomic E-state index is 1.28. The quantitative estimate of drug-likeness (QED) is 0.470. The van der Waals surface area contributed by atoms with Gasteiger partial charge in [-0.2, -0.15) is 0 Å². The van der Waals surface area contributed by atoms with Crippen molar-refractivity contribution in [1.82, 2.24) is 0 Å². The van der Waals surface area contributed by atoms with Gasteiger partial charge >= 0.3 is 0 Å². The standard InChI is InChI=1S/C9H18Si/c1-2-4-6-8-10-9-7-5-3-1/h1-9H2. The van der Waals surface area contributed by atoms with Crippen molar-refractivity contribution in [3.8, 4) is 0 Å². The predicted octanol–water partition coefficient (Wildman–Crippen LogP) is 3.27. The summed E-state index contributed by atoms with van der Waals surface area (Å²) in [5, 5.41) is 0. The van der Waals surface area contributed by atoms with Gasteiger partial charge in [-0.3, -0.25) is 0 Å². The molecule has 1 heterocycles. The van der Waals surface area contributed by atoms with Gasteiger partial charge in [0.15, 0.2) is 0 Å². The summed E-state index contributed by atoms with van der Waals surface area (Å²) in [7, 11) is 1.28. The van der Waals surface area contributed by atoms with Crippen LogP contribution in [0.2, 0.25) is 12.1 Å². The minimum Gasteiger partial charge on any atom is -0.0612 e. The fourth-order valence-corrected chi connectivity index (χ4v) is 2.76. The first-order chi connectivity index (χ1) is 5.00. The van der Waals surface area contributed by atoms with Crippen molar-refractivity contribution in [2.24, 2.45) is 0 Å². The van der Waals surface area contributed by atoms with E-state index in [0.717, 1.165) is 0 Å². The summed E-state index contributed by atoms with van der Waals surface area (Å²) in [6.07, 6.45) is 10.6. The second-order valence-corrected chi connectivity index (χ2v) is 4.72. The average Bonchev–Trinajstić information content (AvgIpc) is 2.01. The highest BCUT2D eigenvalue weighted by Gasteiger charge is 1.96. The molecule has 0 aliphatic carbocycles. The first kappa shape index (κ1) is 8.31. The second-order valence-electron chi connectivity index (χ2n) is 3.22. The number of rotatable bonds is 0. The highest BCUT2D eigenvalue weighted by molar-refractivity contribution is 6.35. The largest absolute Gasteiger partial charge is 0.0612 e. The molecule has 0 spiro atoms. The van der Waals surface area contributed by atoms with Crippen molar-refractivity contribution >= 4 is 9.52 Å². The summed E-state index contributed by atoms with van der Waals surface area (Å²) in [6, 6.07) is 3.06. The lowest BCUT2D eigenvalue weighted by Gasteiger charge is -2.05. The van der Waals surface area contributed by atoms with E-state index in [-0.39, 0.29) is 0 Å². The fraction of sp³-hybridized carbons (Fsp3) is 1.00. The van der Waals surface area contributed by atoms with E-state index in [1.54, 1.807) is 0 Å². The predicted molar refractivity (Wildman–Crippen MR) is 47.7 cm³/mol. The highest BCUT2D eigenvalue weighted by Crippen LogP contribution is 2.13. The van der Waals surface area contributed by atoms with E-state index in [1.165, 1.54) is 66.6 Å². The third-order valence-electron chi connectivity index (χ3n) is 2.21. The lowest BCUT2D eigenvalue weighted by atomic mass is 10.1. The molecule has 1 aliphatic rings. The monoisotopic (exact) mass is 154 g/mol. The molecule has 0 bridgehead atoms. The first-order valence-electron chi connectivity index (χ1n) is 4.71. The molecule has 1 aliphatic heterocycles. The Kier molecular flexibility index (Phi) is 4.96. The van der Waals surface area contributed by atoms with Gasteiger partial charge in [0.1, 0.15) is 0 Å². The van der Waals surface area contributed by atoms with E-state index in [0.29, 0.717) is 0 Å². The van der Waals surface area contributed by atoms with Crippen LogP contribution in [0.15, 0.2) is 0 Å². The number of hydrogen-bond acceptors (Lipinski definition) is 0. The zero-order chi connectivity index (χ0) is 7.07. The Morgan fingerprint density at radius 1 is 0.500 bits per heavy atom. The fourth-order valence-electron chi connectivity index (χ4n) is 1.51. The van der Waals surface area contributed by atoms with E-state index in [1.807, 2.05) is 0 Å². The molecule has 0 aromatic rings. The van der Waals surface area contributed by atoms with Crippen LogP contribution in [0.3, 0.4) is 0 Å². The average molecular weight is 154 g/mol. The van der Waals surface area contributed by atoms with Gasteiger partial charge in [-0.25, -0.2) is 0 Å². The Hall–Kier alpha value is 0.217. The Labute approximate surface area is 67.2 Å². The first-order valence-corrected chi connectivity index (χ1v) is 6.12. The van der Waals surface area contributed by atoms with Crippen molar-refractivity contribution in [3.05, 3.63) is 0 Å². The number of hydrogen-bond donors (Lipinski definition) is 0. The smallest absolute Gasteiger partial charge is 0.0378 e. The van der Waals surface area contributed by atoms with Crippen LogP contribution < -0.4 is 0 Å². The van der Waals surface area contributed by atoms with Gasteiger partial charge in [0.2, 0.25) is 0 Å². The molecule has 1 fully saturated rings. The molecule has 0 aromatic heterocycles. The van der Waals surface area contributed by atoms with Crippen LogP contribution in [0.4, 0.5) is 0 Å². The highest BCUT2D eigenvalue weighted by atomic mass is 28.2. The maximum absolute atomic E-state index is 1.53. The summed E-state index contributed by atoms with van der Waals surface area (Å²) in [5.74, 6) is 0. The summed E-state index contributed by atoms with van der Waals surface area (Å²) in [6.45, 7) is 0.